The van der Waals surface area contributed by atoms with Crippen molar-refractivity contribution < 1.29 is 0 Å². The topological polar surface area (TPSA) is 35.6 Å². The number of pyridine rings is 2. The second kappa shape index (κ2) is 8.88. The van der Waals surface area contributed by atoms with Gasteiger partial charge in [0.25, 0.3) is 0 Å². The van der Waals surface area contributed by atoms with Crippen molar-refractivity contribution in [3.05, 3.63) is 146 Å². The number of fused-ring (bicyclic) bond motifs is 7. The molecule has 4 heteroatoms. The second-order valence-electron chi connectivity index (χ2n) is 10.8. The Bertz CT molecular complexity index is 2450. The van der Waals surface area contributed by atoms with Crippen molar-refractivity contribution in [3.8, 4) is 22.6 Å². The van der Waals surface area contributed by atoms with E-state index in [0.29, 0.717) is 0 Å². The third-order valence-electron chi connectivity index (χ3n) is 8.41. The molecule has 9 aromatic rings. The highest BCUT2D eigenvalue weighted by atomic mass is 15.1. The van der Waals surface area contributed by atoms with Crippen LogP contribution in [0.2, 0.25) is 0 Å². The van der Waals surface area contributed by atoms with Crippen LogP contribution in [-0.4, -0.2) is 19.1 Å². The van der Waals surface area contributed by atoms with Crippen LogP contribution in [0.15, 0.2) is 146 Å². The second-order valence-corrected chi connectivity index (χ2v) is 10.8. The Hall–Kier alpha value is -5.74. The fourth-order valence-corrected chi connectivity index (χ4v) is 6.54. The standard InChI is InChI=1S/C38H24N4/c1-2-10-29(11-3-1)41-34-14-6-4-12-30(34)32-19-28-22-37-33(20-27(28)21-36(32)41)31-13-5-7-15-35(31)42(37)38-23-25(16-18-40-38)26-9-8-17-39-24-26/h1-24H. The Morgan fingerprint density at radius 2 is 1.07 bits per heavy atom. The normalized spacial score (nSPS) is 11.8. The molecule has 9 rings (SSSR count). The summed E-state index contributed by atoms with van der Waals surface area (Å²) in [6.45, 7) is 0. The van der Waals surface area contributed by atoms with Gasteiger partial charge in [-0.15, -0.1) is 0 Å². The summed E-state index contributed by atoms with van der Waals surface area (Å²) in [7, 11) is 0. The van der Waals surface area contributed by atoms with Gasteiger partial charge in [0, 0.05) is 51.4 Å². The van der Waals surface area contributed by atoms with E-state index in [9.17, 15) is 0 Å². The minimum atomic E-state index is 0.892. The van der Waals surface area contributed by atoms with Crippen LogP contribution in [0.1, 0.15) is 0 Å². The maximum atomic E-state index is 4.85. The predicted molar refractivity (Wildman–Crippen MR) is 174 cm³/mol. The molecule has 196 valence electrons. The molecule has 0 unspecified atom stereocenters. The van der Waals surface area contributed by atoms with E-state index in [0.717, 1.165) is 28.0 Å². The quantitative estimate of drug-likeness (QED) is 0.225. The van der Waals surface area contributed by atoms with E-state index in [-0.39, 0.29) is 0 Å². The molecule has 0 aliphatic rings. The Labute approximate surface area is 241 Å². The fraction of sp³-hybridized carbons (Fsp3) is 0. The summed E-state index contributed by atoms with van der Waals surface area (Å²) in [6, 6.07) is 45.6. The van der Waals surface area contributed by atoms with Gasteiger partial charge in [-0.05, 0) is 83.1 Å². The molecule has 0 amide bonds. The van der Waals surface area contributed by atoms with Gasteiger partial charge in [-0.1, -0.05) is 60.7 Å². The summed E-state index contributed by atoms with van der Waals surface area (Å²) < 4.78 is 4.67. The van der Waals surface area contributed by atoms with E-state index < -0.39 is 0 Å². The molecule has 4 nitrogen and oxygen atoms in total. The van der Waals surface area contributed by atoms with Gasteiger partial charge < -0.3 is 4.57 Å². The van der Waals surface area contributed by atoms with E-state index in [1.165, 1.54) is 49.0 Å². The SMILES string of the molecule is c1ccc(-n2c3ccccc3c3cc4cc5c(cc4cc32)c2ccccc2n5-c2cc(-c3cccnc3)ccn2)cc1. The van der Waals surface area contributed by atoms with E-state index >= 15 is 0 Å². The van der Waals surface area contributed by atoms with Crippen molar-refractivity contribution in [1.82, 2.24) is 19.1 Å². The first-order valence-electron chi connectivity index (χ1n) is 14.2. The van der Waals surface area contributed by atoms with Gasteiger partial charge >= 0.3 is 0 Å². The van der Waals surface area contributed by atoms with Crippen LogP contribution >= 0.6 is 0 Å². The van der Waals surface area contributed by atoms with Crippen LogP contribution in [0.3, 0.4) is 0 Å². The number of hydrogen-bond donors (Lipinski definition) is 0. The highest BCUT2D eigenvalue weighted by Gasteiger charge is 2.17. The summed E-state index contributed by atoms with van der Waals surface area (Å²) in [5, 5.41) is 7.36. The molecule has 4 heterocycles. The van der Waals surface area contributed by atoms with Gasteiger partial charge in [0.05, 0.1) is 22.1 Å². The molecule has 0 fully saturated rings. The first-order chi connectivity index (χ1) is 20.8. The Morgan fingerprint density at radius 3 is 1.76 bits per heavy atom. The van der Waals surface area contributed by atoms with E-state index in [2.05, 4.69) is 129 Å². The molecular weight excluding hydrogens is 512 g/mol. The molecule has 0 N–H and O–H groups in total. The lowest BCUT2D eigenvalue weighted by Crippen LogP contribution is -1.97. The number of nitrogens with zero attached hydrogens (tertiary/aromatic N) is 4. The molecule has 0 atom stereocenters. The van der Waals surface area contributed by atoms with Crippen molar-refractivity contribution in [2.75, 3.05) is 0 Å². The van der Waals surface area contributed by atoms with Crippen LogP contribution in [0, 0.1) is 0 Å². The molecule has 5 aromatic carbocycles. The zero-order valence-electron chi connectivity index (χ0n) is 22.6. The van der Waals surface area contributed by atoms with Crippen LogP contribution in [0.5, 0.6) is 0 Å². The minimum Gasteiger partial charge on any atom is -0.309 e. The number of aromatic nitrogens is 4. The van der Waals surface area contributed by atoms with Gasteiger partial charge in [-0.2, -0.15) is 0 Å². The molecule has 0 saturated heterocycles. The predicted octanol–water partition coefficient (Wildman–Crippen LogP) is 9.49. The number of rotatable bonds is 3. The lowest BCUT2D eigenvalue weighted by Gasteiger charge is -2.10. The van der Waals surface area contributed by atoms with Gasteiger partial charge in [0.1, 0.15) is 5.82 Å². The molecule has 0 radical (unpaired) electrons. The third kappa shape index (κ3) is 3.36. The number of benzene rings is 5. The lowest BCUT2D eigenvalue weighted by atomic mass is 10.0. The first kappa shape index (κ1) is 23.0. The van der Waals surface area contributed by atoms with Crippen LogP contribution < -0.4 is 0 Å². The van der Waals surface area contributed by atoms with Gasteiger partial charge in [0.2, 0.25) is 0 Å². The first-order valence-corrected chi connectivity index (χ1v) is 14.2. The van der Waals surface area contributed by atoms with Crippen molar-refractivity contribution in [3.63, 3.8) is 0 Å². The van der Waals surface area contributed by atoms with Crippen LogP contribution in [0.4, 0.5) is 0 Å². The highest BCUT2D eigenvalue weighted by molar-refractivity contribution is 6.18. The van der Waals surface area contributed by atoms with Crippen molar-refractivity contribution in [2.45, 2.75) is 0 Å². The number of para-hydroxylation sites is 3. The van der Waals surface area contributed by atoms with Crippen molar-refractivity contribution in [1.29, 1.82) is 0 Å². The maximum Gasteiger partial charge on any atom is 0.138 e. The molecule has 0 saturated carbocycles. The molecule has 4 aromatic heterocycles. The average Bonchev–Trinajstić information content (AvgIpc) is 3.55. The van der Waals surface area contributed by atoms with E-state index in [1.807, 2.05) is 24.5 Å². The maximum absolute atomic E-state index is 4.85. The van der Waals surface area contributed by atoms with Gasteiger partial charge in [-0.25, -0.2) is 4.98 Å². The molecule has 0 bridgehead atoms. The van der Waals surface area contributed by atoms with E-state index in [4.69, 9.17) is 4.98 Å². The molecular formula is C38H24N4. The summed E-state index contributed by atoms with van der Waals surface area (Å²) in [6.07, 6.45) is 5.59. The molecule has 0 aliphatic heterocycles. The molecule has 42 heavy (non-hydrogen) atoms. The largest absolute Gasteiger partial charge is 0.309 e. The molecule has 0 spiro atoms. The Balaban J connectivity index is 1.36. The highest BCUT2D eigenvalue weighted by Crippen LogP contribution is 2.39. The fourth-order valence-electron chi connectivity index (χ4n) is 6.54. The Morgan fingerprint density at radius 1 is 0.429 bits per heavy atom. The Kier molecular flexibility index (Phi) is 4.87. The number of hydrogen-bond acceptors (Lipinski definition) is 2. The summed E-state index contributed by atoms with van der Waals surface area (Å²) in [4.78, 5) is 9.18. The zero-order chi connectivity index (χ0) is 27.6. The van der Waals surface area contributed by atoms with Crippen molar-refractivity contribution >= 4 is 54.4 Å². The average molecular weight is 537 g/mol. The van der Waals surface area contributed by atoms with Crippen LogP contribution in [-0.2, 0) is 0 Å². The van der Waals surface area contributed by atoms with Crippen molar-refractivity contribution in [2.24, 2.45) is 0 Å². The minimum absolute atomic E-state index is 0.892. The molecule has 0 aliphatic carbocycles. The summed E-state index contributed by atoms with van der Waals surface area (Å²) in [5.41, 5.74) is 8.04. The smallest absolute Gasteiger partial charge is 0.138 e. The van der Waals surface area contributed by atoms with Crippen LogP contribution in [0.25, 0.3) is 77.0 Å². The lowest BCUT2D eigenvalue weighted by molar-refractivity contribution is 1.08. The zero-order valence-corrected chi connectivity index (χ0v) is 22.6. The monoisotopic (exact) mass is 536 g/mol. The summed E-state index contributed by atoms with van der Waals surface area (Å²) in [5.74, 6) is 0.892. The summed E-state index contributed by atoms with van der Waals surface area (Å²) >= 11 is 0. The van der Waals surface area contributed by atoms with Gasteiger partial charge in [0.15, 0.2) is 0 Å². The van der Waals surface area contributed by atoms with E-state index in [1.54, 1.807) is 6.20 Å². The van der Waals surface area contributed by atoms with Gasteiger partial charge in [-0.3, -0.25) is 9.55 Å². The third-order valence-corrected chi connectivity index (χ3v) is 8.41.